The van der Waals surface area contributed by atoms with E-state index in [2.05, 4.69) is 36.2 Å². The summed E-state index contributed by atoms with van der Waals surface area (Å²) in [5, 5.41) is 3.17. The van der Waals surface area contributed by atoms with Crippen LogP contribution in [0.3, 0.4) is 0 Å². The highest BCUT2D eigenvalue weighted by Crippen LogP contribution is 2.27. The Morgan fingerprint density at radius 1 is 1.38 bits per heavy atom. The Balaban J connectivity index is 1.99. The Bertz CT molecular complexity index is 468. The maximum Gasteiger partial charge on any atom is 0.103 e. The molecule has 0 saturated carbocycles. The normalized spacial score (nSPS) is 10.6. The molecule has 16 heavy (non-hydrogen) atoms. The van der Waals surface area contributed by atoms with E-state index in [4.69, 9.17) is 11.6 Å². The maximum absolute atomic E-state index is 5.72. The summed E-state index contributed by atoms with van der Waals surface area (Å²) >= 11 is 9.23. The number of thiazole rings is 1. The number of thioether (sulfide) groups is 1. The van der Waals surface area contributed by atoms with Crippen molar-refractivity contribution in [3.63, 3.8) is 0 Å². The van der Waals surface area contributed by atoms with Gasteiger partial charge >= 0.3 is 0 Å². The third kappa shape index (κ3) is 3.00. The monoisotopic (exact) mass is 269 g/mol. The number of hydrogen-bond acceptors (Lipinski definition) is 3. The number of alkyl halides is 1. The molecule has 0 N–H and O–H groups in total. The fourth-order valence-corrected chi connectivity index (χ4v) is 3.40. The molecule has 4 heteroatoms. The minimum absolute atomic E-state index is 0.505. The molecular formula is C12H12ClNS2. The molecule has 0 aliphatic rings. The van der Waals surface area contributed by atoms with E-state index in [1.165, 1.54) is 10.5 Å². The molecule has 0 radical (unpaired) electrons. The Kier molecular flexibility index (Phi) is 4.27. The smallest absolute Gasteiger partial charge is 0.103 e. The van der Waals surface area contributed by atoms with E-state index < -0.39 is 0 Å². The third-order valence-corrected chi connectivity index (χ3v) is 4.72. The highest BCUT2D eigenvalue weighted by molar-refractivity contribution is 7.98. The van der Waals surface area contributed by atoms with Crippen molar-refractivity contribution in [1.82, 2.24) is 4.98 Å². The van der Waals surface area contributed by atoms with E-state index >= 15 is 0 Å². The first-order valence-corrected chi connectivity index (χ1v) is 7.37. The van der Waals surface area contributed by atoms with Gasteiger partial charge in [0, 0.05) is 10.3 Å². The molecule has 0 bridgehead atoms. The molecule has 0 fully saturated rings. The van der Waals surface area contributed by atoms with Gasteiger partial charge in [-0.2, -0.15) is 0 Å². The zero-order chi connectivity index (χ0) is 11.4. The molecule has 84 valence electrons. The average Bonchev–Trinajstić information content (AvgIpc) is 2.76. The van der Waals surface area contributed by atoms with Gasteiger partial charge in [-0.15, -0.1) is 34.7 Å². The number of rotatable bonds is 4. The van der Waals surface area contributed by atoms with Crippen molar-refractivity contribution in [2.24, 2.45) is 0 Å². The lowest BCUT2D eigenvalue weighted by Crippen LogP contribution is -1.83. The lowest BCUT2D eigenvalue weighted by molar-refractivity contribution is 1.16. The van der Waals surface area contributed by atoms with Crippen molar-refractivity contribution in [3.05, 3.63) is 45.9 Å². The topological polar surface area (TPSA) is 12.9 Å². The lowest BCUT2D eigenvalue weighted by atomic mass is 10.2. The number of aryl methyl sites for hydroxylation is 1. The summed E-state index contributed by atoms with van der Waals surface area (Å²) in [6.07, 6.45) is 0. The second-order valence-electron chi connectivity index (χ2n) is 3.42. The molecule has 0 unspecified atom stereocenters. The van der Waals surface area contributed by atoms with Crippen LogP contribution in [0.15, 0.2) is 34.5 Å². The van der Waals surface area contributed by atoms with Gasteiger partial charge in [0.05, 0.1) is 17.3 Å². The molecular weight excluding hydrogens is 258 g/mol. The van der Waals surface area contributed by atoms with Crippen LogP contribution in [-0.4, -0.2) is 4.98 Å². The van der Waals surface area contributed by atoms with E-state index in [9.17, 15) is 0 Å². The molecule has 0 aliphatic heterocycles. The van der Waals surface area contributed by atoms with Gasteiger partial charge in [0.1, 0.15) is 5.01 Å². The van der Waals surface area contributed by atoms with E-state index in [0.717, 1.165) is 16.5 Å². The Morgan fingerprint density at radius 2 is 2.19 bits per heavy atom. The van der Waals surface area contributed by atoms with Crippen molar-refractivity contribution >= 4 is 34.7 Å². The first-order chi connectivity index (χ1) is 7.79. The van der Waals surface area contributed by atoms with Crippen LogP contribution in [0, 0.1) is 6.92 Å². The fraction of sp³-hybridized carbons (Fsp3) is 0.250. The van der Waals surface area contributed by atoms with Crippen molar-refractivity contribution in [1.29, 1.82) is 0 Å². The summed E-state index contributed by atoms with van der Waals surface area (Å²) in [5.74, 6) is 1.43. The van der Waals surface area contributed by atoms with Gasteiger partial charge in [-0.25, -0.2) is 4.98 Å². The average molecular weight is 270 g/mol. The van der Waals surface area contributed by atoms with Crippen LogP contribution in [-0.2, 0) is 11.6 Å². The number of halogens is 1. The molecule has 1 aromatic carbocycles. The summed E-state index contributed by atoms with van der Waals surface area (Å²) in [6.45, 7) is 2.13. The molecule has 1 nitrogen and oxygen atoms in total. The van der Waals surface area contributed by atoms with E-state index in [0.29, 0.717) is 5.88 Å². The zero-order valence-corrected chi connectivity index (χ0v) is 11.3. The number of nitrogens with zero attached hydrogens (tertiary/aromatic N) is 1. The van der Waals surface area contributed by atoms with Gasteiger partial charge in [-0.1, -0.05) is 18.2 Å². The molecule has 0 aliphatic carbocycles. The Labute approximate surface area is 109 Å². The number of aromatic nitrogens is 1. The first kappa shape index (κ1) is 12.0. The van der Waals surface area contributed by atoms with Crippen LogP contribution in [0.2, 0.25) is 0 Å². The molecule has 2 rings (SSSR count). The van der Waals surface area contributed by atoms with Gasteiger partial charge in [-0.3, -0.25) is 0 Å². The first-order valence-electron chi connectivity index (χ1n) is 4.97. The minimum atomic E-state index is 0.505. The van der Waals surface area contributed by atoms with Crippen molar-refractivity contribution < 1.29 is 0 Å². The molecule has 0 spiro atoms. The Morgan fingerprint density at radius 3 is 2.88 bits per heavy atom. The van der Waals surface area contributed by atoms with Crippen molar-refractivity contribution in [3.8, 4) is 0 Å². The van der Waals surface area contributed by atoms with E-state index in [1.54, 1.807) is 11.3 Å². The van der Waals surface area contributed by atoms with Crippen LogP contribution >= 0.6 is 34.7 Å². The van der Waals surface area contributed by atoms with Crippen LogP contribution in [0.4, 0.5) is 0 Å². The Hall–Kier alpha value is -0.510. The molecule has 2 aromatic rings. The summed E-state index contributed by atoms with van der Waals surface area (Å²) < 4.78 is 0. The number of benzene rings is 1. The van der Waals surface area contributed by atoms with Crippen LogP contribution in [0.25, 0.3) is 0 Å². The molecule has 1 heterocycles. The largest absolute Gasteiger partial charge is 0.244 e. The SMILES string of the molecule is Cc1ccccc1SCc1nc(CCl)cs1. The van der Waals surface area contributed by atoms with Crippen molar-refractivity contribution in [2.45, 2.75) is 23.5 Å². The second kappa shape index (κ2) is 5.71. The highest BCUT2D eigenvalue weighted by Gasteiger charge is 2.03. The van der Waals surface area contributed by atoms with Crippen LogP contribution < -0.4 is 0 Å². The minimum Gasteiger partial charge on any atom is -0.244 e. The van der Waals surface area contributed by atoms with Gasteiger partial charge in [0.15, 0.2) is 0 Å². The number of hydrogen-bond donors (Lipinski definition) is 0. The van der Waals surface area contributed by atoms with Crippen molar-refractivity contribution in [2.75, 3.05) is 0 Å². The third-order valence-electron chi connectivity index (χ3n) is 2.18. The van der Waals surface area contributed by atoms with Crippen LogP contribution in [0.1, 0.15) is 16.3 Å². The summed E-state index contributed by atoms with van der Waals surface area (Å²) in [4.78, 5) is 5.76. The maximum atomic E-state index is 5.72. The molecule has 0 atom stereocenters. The predicted octanol–water partition coefficient (Wildman–Crippen LogP) is 4.48. The standard InChI is InChI=1S/C12H12ClNS2/c1-9-4-2-3-5-11(9)15-8-12-14-10(6-13)7-16-12/h2-5,7H,6,8H2,1H3. The molecule has 0 saturated heterocycles. The molecule has 1 aromatic heterocycles. The highest BCUT2D eigenvalue weighted by atomic mass is 35.5. The lowest BCUT2D eigenvalue weighted by Gasteiger charge is -2.02. The van der Waals surface area contributed by atoms with Gasteiger partial charge < -0.3 is 0 Å². The fourth-order valence-electron chi connectivity index (χ4n) is 1.33. The van der Waals surface area contributed by atoms with Gasteiger partial charge in [0.25, 0.3) is 0 Å². The van der Waals surface area contributed by atoms with Crippen LogP contribution in [0.5, 0.6) is 0 Å². The summed E-state index contributed by atoms with van der Waals surface area (Å²) in [5.41, 5.74) is 2.30. The quantitative estimate of drug-likeness (QED) is 0.599. The van der Waals surface area contributed by atoms with E-state index in [1.807, 2.05) is 17.1 Å². The van der Waals surface area contributed by atoms with Gasteiger partial charge in [-0.05, 0) is 18.6 Å². The second-order valence-corrected chi connectivity index (χ2v) is 5.65. The predicted molar refractivity (Wildman–Crippen MR) is 72.4 cm³/mol. The summed E-state index contributed by atoms with van der Waals surface area (Å²) in [7, 11) is 0. The summed E-state index contributed by atoms with van der Waals surface area (Å²) in [6, 6.07) is 8.42. The van der Waals surface area contributed by atoms with E-state index in [-0.39, 0.29) is 0 Å². The van der Waals surface area contributed by atoms with Gasteiger partial charge in [0.2, 0.25) is 0 Å². The zero-order valence-electron chi connectivity index (χ0n) is 8.94. The molecule has 0 amide bonds.